The third-order valence-corrected chi connectivity index (χ3v) is 6.96. The number of hydrogen-bond acceptors (Lipinski definition) is 3. The fourth-order valence-corrected chi connectivity index (χ4v) is 4.71. The molecule has 1 unspecified atom stereocenters. The molecule has 0 fully saturated rings. The molecule has 0 N–H and O–H groups in total. The topological polar surface area (TPSA) is 27.1 Å². The third-order valence-electron chi connectivity index (χ3n) is 5.95. The van der Waals surface area contributed by atoms with Gasteiger partial charge in [-0.3, -0.25) is 0 Å². The Morgan fingerprint density at radius 1 is 0.906 bits per heavy atom. The van der Waals surface area contributed by atoms with E-state index in [0.717, 1.165) is 55.3 Å². The number of fused-ring (bicyclic) bond motifs is 1. The predicted molar refractivity (Wildman–Crippen MR) is 136 cm³/mol. The van der Waals surface area contributed by atoms with Gasteiger partial charge >= 0.3 is 0 Å². The normalized spacial score (nSPS) is 12.2. The van der Waals surface area contributed by atoms with Crippen molar-refractivity contribution in [1.82, 2.24) is 9.55 Å². The Kier molecular flexibility index (Phi) is 7.89. The Bertz CT molecular complexity index is 1110. The second-order valence-corrected chi connectivity index (χ2v) is 9.25. The van der Waals surface area contributed by atoms with Crippen molar-refractivity contribution in [2.45, 2.75) is 56.2 Å². The quantitative estimate of drug-likeness (QED) is 0.175. The van der Waals surface area contributed by atoms with E-state index in [9.17, 15) is 0 Å². The number of unbranched alkanes of at least 4 members (excludes halogenated alkanes) is 1. The zero-order valence-electron chi connectivity index (χ0n) is 19.0. The Balaban J connectivity index is 1.32. The maximum Gasteiger partial charge on any atom is 0.120 e. The van der Waals surface area contributed by atoms with Gasteiger partial charge in [-0.2, -0.15) is 0 Å². The maximum absolute atomic E-state index is 5.99. The van der Waals surface area contributed by atoms with Crippen molar-refractivity contribution in [2.75, 3.05) is 6.61 Å². The van der Waals surface area contributed by atoms with Gasteiger partial charge in [0.05, 0.1) is 23.4 Å². The van der Waals surface area contributed by atoms with Crippen LogP contribution in [-0.2, 0) is 12.3 Å². The lowest BCUT2D eigenvalue weighted by atomic mass is 9.99. The molecule has 0 amide bonds. The van der Waals surface area contributed by atoms with Crippen LogP contribution in [0.3, 0.4) is 0 Å². The molecule has 0 saturated carbocycles. The number of hydrogen-bond donors (Lipinski definition) is 0. The van der Waals surface area contributed by atoms with Gasteiger partial charge in [0, 0.05) is 11.4 Å². The molecule has 0 saturated heterocycles. The lowest BCUT2D eigenvalue weighted by Crippen LogP contribution is -2.05. The maximum atomic E-state index is 5.99. The second-order valence-electron chi connectivity index (χ2n) is 8.20. The standard InChI is InChI=1S/C28H32N2OS/c1-3-22(2)23-15-17-24(18-16-23)31-20-10-9-19-30-27-14-8-7-13-26(27)29-28(30)21-32-25-11-5-4-6-12-25/h4-8,11-18,22H,3,9-10,19-21H2,1-2H3. The fourth-order valence-electron chi connectivity index (χ4n) is 3.84. The van der Waals surface area contributed by atoms with Crippen molar-refractivity contribution < 1.29 is 4.74 Å². The molecular weight excluding hydrogens is 412 g/mol. The minimum Gasteiger partial charge on any atom is -0.494 e. The summed E-state index contributed by atoms with van der Waals surface area (Å²) in [5, 5.41) is 0. The minimum atomic E-state index is 0.600. The number of aryl methyl sites for hydroxylation is 1. The van der Waals surface area contributed by atoms with Crippen LogP contribution in [0.15, 0.2) is 83.8 Å². The molecule has 1 heterocycles. The summed E-state index contributed by atoms with van der Waals surface area (Å²) in [7, 11) is 0. The highest BCUT2D eigenvalue weighted by Crippen LogP contribution is 2.25. The van der Waals surface area contributed by atoms with Crippen LogP contribution in [0.2, 0.25) is 0 Å². The van der Waals surface area contributed by atoms with E-state index in [1.54, 1.807) is 0 Å². The molecule has 32 heavy (non-hydrogen) atoms. The lowest BCUT2D eigenvalue weighted by Gasteiger charge is -2.12. The van der Waals surface area contributed by atoms with Crippen molar-refractivity contribution in [1.29, 1.82) is 0 Å². The summed E-state index contributed by atoms with van der Waals surface area (Å²) < 4.78 is 8.37. The summed E-state index contributed by atoms with van der Waals surface area (Å²) in [6.07, 6.45) is 3.24. The number of para-hydroxylation sites is 2. The minimum absolute atomic E-state index is 0.600. The highest BCUT2D eigenvalue weighted by Gasteiger charge is 2.11. The number of benzene rings is 3. The average Bonchev–Trinajstić information content (AvgIpc) is 3.20. The molecule has 3 aromatic carbocycles. The van der Waals surface area contributed by atoms with E-state index in [0.29, 0.717) is 5.92 Å². The Morgan fingerprint density at radius 2 is 1.66 bits per heavy atom. The molecule has 0 spiro atoms. The third kappa shape index (κ3) is 5.74. The van der Waals surface area contributed by atoms with E-state index in [2.05, 4.69) is 97.3 Å². The number of imidazole rings is 1. The first-order valence-corrected chi connectivity index (χ1v) is 12.6. The van der Waals surface area contributed by atoms with Gasteiger partial charge in [-0.15, -0.1) is 11.8 Å². The summed E-state index contributed by atoms with van der Waals surface area (Å²) in [5.41, 5.74) is 3.68. The molecule has 4 heteroatoms. The second kappa shape index (κ2) is 11.2. The summed E-state index contributed by atoms with van der Waals surface area (Å²) in [6, 6.07) is 27.6. The van der Waals surface area contributed by atoms with Crippen LogP contribution in [-0.4, -0.2) is 16.2 Å². The van der Waals surface area contributed by atoms with Crippen molar-refractivity contribution in [3.8, 4) is 5.75 Å². The lowest BCUT2D eigenvalue weighted by molar-refractivity contribution is 0.303. The van der Waals surface area contributed by atoms with Crippen LogP contribution in [0.4, 0.5) is 0 Å². The molecule has 0 aliphatic carbocycles. The van der Waals surface area contributed by atoms with Gasteiger partial charge < -0.3 is 9.30 Å². The highest BCUT2D eigenvalue weighted by atomic mass is 32.2. The number of rotatable bonds is 11. The molecule has 0 aliphatic heterocycles. The van der Waals surface area contributed by atoms with Crippen LogP contribution in [0, 0.1) is 0 Å². The van der Waals surface area contributed by atoms with Crippen LogP contribution in [0.5, 0.6) is 5.75 Å². The van der Waals surface area contributed by atoms with E-state index < -0.39 is 0 Å². The molecule has 1 aromatic heterocycles. The number of aromatic nitrogens is 2. The Morgan fingerprint density at radius 3 is 2.44 bits per heavy atom. The van der Waals surface area contributed by atoms with E-state index in [-0.39, 0.29) is 0 Å². The van der Waals surface area contributed by atoms with Crippen molar-refractivity contribution in [3.63, 3.8) is 0 Å². The van der Waals surface area contributed by atoms with E-state index >= 15 is 0 Å². The van der Waals surface area contributed by atoms with Gasteiger partial charge in [0.25, 0.3) is 0 Å². The first-order chi connectivity index (χ1) is 15.7. The first-order valence-electron chi connectivity index (χ1n) is 11.6. The summed E-state index contributed by atoms with van der Waals surface area (Å²) >= 11 is 1.84. The predicted octanol–water partition coefficient (Wildman–Crippen LogP) is 7.70. The Labute approximate surface area is 195 Å². The van der Waals surface area contributed by atoms with E-state index in [1.165, 1.54) is 16.0 Å². The largest absolute Gasteiger partial charge is 0.494 e. The van der Waals surface area contributed by atoms with Crippen LogP contribution in [0.1, 0.15) is 50.4 Å². The number of nitrogens with zero attached hydrogens (tertiary/aromatic N) is 2. The monoisotopic (exact) mass is 444 g/mol. The zero-order chi connectivity index (χ0) is 22.2. The SMILES string of the molecule is CCC(C)c1ccc(OCCCCn2c(CSc3ccccc3)nc3ccccc32)cc1. The molecule has 0 bridgehead atoms. The highest BCUT2D eigenvalue weighted by molar-refractivity contribution is 7.98. The van der Waals surface area contributed by atoms with Crippen LogP contribution in [0.25, 0.3) is 11.0 Å². The van der Waals surface area contributed by atoms with Gasteiger partial charge in [-0.25, -0.2) is 4.98 Å². The van der Waals surface area contributed by atoms with Gasteiger partial charge in [0.2, 0.25) is 0 Å². The zero-order valence-corrected chi connectivity index (χ0v) is 19.9. The van der Waals surface area contributed by atoms with Crippen LogP contribution >= 0.6 is 11.8 Å². The van der Waals surface area contributed by atoms with Crippen LogP contribution < -0.4 is 4.74 Å². The number of ether oxygens (including phenoxy) is 1. The summed E-state index contributed by atoms with van der Waals surface area (Å²) in [6.45, 7) is 6.19. The van der Waals surface area contributed by atoms with E-state index in [1.807, 2.05) is 11.8 Å². The Hall–Kier alpha value is -2.72. The van der Waals surface area contributed by atoms with Gasteiger partial charge in [0.1, 0.15) is 11.6 Å². The van der Waals surface area contributed by atoms with Gasteiger partial charge in [-0.05, 0) is 67.1 Å². The van der Waals surface area contributed by atoms with Crippen molar-refractivity contribution >= 4 is 22.8 Å². The molecular formula is C28H32N2OS. The first kappa shape index (κ1) is 22.5. The van der Waals surface area contributed by atoms with Gasteiger partial charge in [0.15, 0.2) is 0 Å². The molecule has 3 nitrogen and oxygen atoms in total. The smallest absolute Gasteiger partial charge is 0.120 e. The molecule has 0 aliphatic rings. The molecule has 0 radical (unpaired) electrons. The molecule has 4 aromatic rings. The van der Waals surface area contributed by atoms with Crippen molar-refractivity contribution in [2.24, 2.45) is 0 Å². The summed E-state index contributed by atoms with van der Waals surface area (Å²) in [4.78, 5) is 6.19. The molecule has 1 atom stereocenters. The molecule has 4 rings (SSSR count). The molecule has 166 valence electrons. The average molecular weight is 445 g/mol. The van der Waals surface area contributed by atoms with E-state index in [4.69, 9.17) is 9.72 Å². The van der Waals surface area contributed by atoms with Crippen molar-refractivity contribution in [3.05, 3.63) is 90.3 Å². The van der Waals surface area contributed by atoms with Gasteiger partial charge in [-0.1, -0.05) is 56.3 Å². The summed E-state index contributed by atoms with van der Waals surface area (Å²) in [5.74, 6) is 3.58. The fraction of sp³-hybridized carbons (Fsp3) is 0.321. The number of thioether (sulfide) groups is 1.